The van der Waals surface area contributed by atoms with Crippen molar-refractivity contribution in [1.29, 1.82) is 0 Å². The molecule has 7 nitrogen and oxygen atoms in total. The Morgan fingerprint density at radius 2 is 1.96 bits per heavy atom. The van der Waals surface area contributed by atoms with Crippen LogP contribution in [0.3, 0.4) is 0 Å². The van der Waals surface area contributed by atoms with Gasteiger partial charge < -0.3 is 9.73 Å². The van der Waals surface area contributed by atoms with Crippen molar-refractivity contribution in [3.63, 3.8) is 0 Å². The predicted molar refractivity (Wildman–Crippen MR) is 83.3 cm³/mol. The Hall–Kier alpha value is -3.22. The number of hydrogen-bond acceptors (Lipinski definition) is 5. The van der Waals surface area contributed by atoms with Gasteiger partial charge in [-0.3, -0.25) is 14.2 Å². The summed E-state index contributed by atoms with van der Waals surface area (Å²) in [6.07, 6.45) is 1.53. The number of benzene rings is 1. The topological polar surface area (TPSA) is 94.2 Å². The molecule has 0 radical (unpaired) electrons. The molecule has 0 aliphatic heterocycles. The maximum atomic E-state index is 12.3. The highest BCUT2D eigenvalue weighted by molar-refractivity contribution is 5.97. The highest BCUT2D eigenvalue weighted by atomic mass is 16.4. The first-order chi connectivity index (χ1) is 11.0. The van der Waals surface area contributed by atoms with E-state index in [4.69, 9.17) is 4.42 Å². The van der Waals surface area contributed by atoms with Crippen molar-refractivity contribution in [1.82, 2.24) is 9.55 Å². The number of hydrogen-bond donors (Lipinski definition) is 1. The number of rotatable bonds is 4. The second-order valence-corrected chi connectivity index (χ2v) is 4.96. The van der Waals surface area contributed by atoms with Crippen LogP contribution in [0.15, 0.2) is 51.8 Å². The number of pyridine rings is 1. The molecule has 116 valence electrons. The second kappa shape index (κ2) is 5.88. The first-order valence-electron chi connectivity index (χ1n) is 6.90. The van der Waals surface area contributed by atoms with E-state index in [1.54, 1.807) is 36.4 Å². The molecule has 0 unspecified atom stereocenters. The summed E-state index contributed by atoms with van der Waals surface area (Å²) in [6, 6.07) is 9.71. The molecule has 0 spiro atoms. The number of carbonyl (C=O) groups is 2. The van der Waals surface area contributed by atoms with E-state index < -0.39 is 5.76 Å². The van der Waals surface area contributed by atoms with Crippen molar-refractivity contribution in [2.24, 2.45) is 0 Å². The van der Waals surface area contributed by atoms with E-state index in [1.807, 2.05) is 0 Å². The molecule has 0 fully saturated rings. The van der Waals surface area contributed by atoms with E-state index in [9.17, 15) is 14.4 Å². The monoisotopic (exact) mass is 311 g/mol. The zero-order valence-corrected chi connectivity index (χ0v) is 12.3. The lowest BCUT2D eigenvalue weighted by Gasteiger charge is -2.04. The van der Waals surface area contributed by atoms with Crippen molar-refractivity contribution in [2.45, 2.75) is 13.5 Å². The summed E-state index contributed by atoms with van der Waals surface area (Å²) < 4.78 is 6.24. The van der Waals surface area contributed by atoms with Crippen molar-refractivity contribution in [3.05, 3.63) is 58.7 Å². The summed E-state index contributed by atoms with van der Waals surface area (Å²) >= 11 is 0. The molecule has 1 amide bonds. The third-order valence-electron chi connectivity index (χ3n) is 3.25. The molecule has 1 N–H and O–H groups in total. The zero-order chi connectivity index (χ0) is 16.4. The minimum absolute atomic E-state index is 0.164. The maximum absolute atomic E-state index is 12.3. The van der Waals surface area contributed by atoms with E-state index in [0.29, 0.717) is 22.5 Å². The molecule has 0 aliphatic rings. The van der Waals surface area contributed by atoms with Gasteiger partial charge in [0.15, 0.2) is 17.0 Å². The molecule has 23 heavy (non-hydrogen) atoms. The number of nitrogens with one attached hydrogen (secondary N) is 1. The average molecular weight is 311 g/mol. The van der Waals surface area contributed by atoms with Gasteiger partial charge in [0.1, 0.15) is 0 Å². The molecule has 0 aliphatic carbocycles. The average Bonchev–Trinajstić information content (AvgIpc) is 2.83. The number of amides is 1. The van der Waals surface area contributed by atoms with E-state index >= 15 is 0 Å². The quantitative estimate of drug-likeness (QED) is 0.742. The summed E-state index contributed by atoms with van der Waals surface area (Å²) in [5.41, 5.74) is 1.70. The van der Waals surface area contributed by atoms with Gasteiger partial charge in [0, 0.05) is 24.4 Å². The van der Waals surface area contributed by atoms with Crippen molar-refractivity contribution in [2.75, 3.05) is 5.32 Å². The summed E-state index contributed by atoms with van der Waals surface area (Å²) in [4.78, 5) is 39.2. The van der Waals surface area contributed by atoms with E-state index in [0.717, 1.165) is 0 Å². The molecule has 0 bridgehead atoms. The molecule has 0 saturated heterocycles. The minimum Gasteiger partial charge on any atom is -0.406 e. The predicted octanol–water partition coefficient (Wildman–Crippen LogP) is 1.83. The largest absolute Gasteiger partial charge is 0.421 e. The van der Waals surface area contributed by atoms with Gasteiger partial charge >= 0.3 is 5.76 Å². The molecule has 0 atom stereocenters. The lowest BCUT2D eigenvalue weighted by atomic mass is 10.1. The third kappa shape index (κ3) is 3.03. The van der Waals surface area contributed by atoms with Crippen LogP contribution in [0.2, 0.25) is 0 Å². The van der Waals surface area contributed by atoms with E-state index in [2.05, 4.69) is 10.3 Å². The lowest BCUT2D eigenvalue weighted by molar-refractivity contribution is -0.114. The third-order valence-corrected chi connectivity index (χ3v) is 3.25. The van der Waals surface area contributed by atoms with Crippen LogP contribution < -0.4 is 11.1 Å². The molecule has 3 aromatic rings. The Balaban J connectivity index is 1.85. The van der Waals surface area contributed by atoms with E-state index in [-0.39, 0.29) is 18.2 Å². The van der Waals surface area contributed by atoms with Gasteiger partial charge in [-0.1, -0.05) is 0 Å². The molecular weight excluding hydrogens is 298 g/mol. The molecule has 2 aromatic heterocycles. The zero-order valence-electron chi connectivity index (χ0n) is 12.3. The van der Waals surface area contributed by atoms with Gasteiger partial charge in [-0.2, -0.15) is 0 Å². The number of carbonyl (C=O) groups excluding carboxylic acids is 2. The second-order valence-electron chi connectivity index (χ2n) is 4.96. The first-order valence-corrected chi connectivity index (χ1v) is 6.90. The maximum Gasteiger partial charge on any atom is 0.421 e. The van der Waals surface area contributed by atoms with Gasteiger partial charge in [0.05, 0.1) is 6.54 Å². The Bertz CT molecular complexity index is 938. The Kier molecular flexibility index (Phi) is 3.76. The highest BCUT2D eigenvalue weighted by Gasteiger charge is 2.14. The van der Waals surface area contributed by atoms with Crippen LogP contribution in [0, 0.1) is 0 Å². The van der Waals surface area contributed by atoms with Gasteiger partial charge in [-0.05, 0) is 36.4 Å². The van der Waals surface area contributed by atoms with Gasteiger partial charge in [-0.15, -0.1) is 0 Å². The van der Waals surface area contributed by atoms with Crippen molar-refractivity contribution >= 4 is 28.6 Å². The van der Waals surface area contributed by atoms with Crippen molar-refractivity contribution < 1.29 is 14.0 Å². The highest BCUT2D eigenvalue weighted by Crippen LogP contribution is 2.13. The van der Waals surface area contributed by atoms with Gasteiger partial charge in [0.2, 0.25) is 5.91 Å². The number of aromatic nitrogens is 2. The smallest absolute Gasteiger partial charge is 0.406 e. The number of fused-ring (bicyclic) bond motifs is 1. The Morgan fingerprint density at radius 1 is 1.22 bits per heavy atom. The van der Waals surface area contributed by atoms with Crippen LogP contribution in [0.4, 0.5) is 5.69 Å². The molecule has 7 heteroatoms. The summed E-state index contributed by atoms with van der Waals surface area (Å²) in [6.45, 7) is 1.24. The molecule has 0 saturated carbocycles. The fraction of sp³-hybridized carbons (Fsp3) is 0.125. The number of nitrogens with zero attached hydrogens (tertiary/aromatic N) is 2. The summed E-state index contributed by atoms with van der Waals surface area (Å²) in [7, 11) is 0. The first kappa shape index (κ1) is 14.7. The molecule has 3 rings (SSSR count). The van der Waals surface area contributed by atoms with Crippen LogP contribution in [-0.4, -0.2) is 21.2 Å². The lowest BCUT2D eigenvalue weighted by Crippen LogP contribution is -2.20. The molecule has 2 heterocycles. The van der Waals surface area contributed by atoms with Crippen LogP contribution in [0.5, 0.6) is 0 Å². The van der Waals surface area contributed by atoms with Crippen LogP contribution in [-0.2, 0) is 11.3 Å². The fourth-order valence-corrected chi connectivity index (χ4v) is 2.22. The van der Waals surface area contributed by atoms with Gasteiger partial charge in [-0.25, -0.2) is 9.78 Å². The summed E-state index contributed by atoms with van der Waals surface area (Å²) in [5.74, 6) is -1.07. The van der Waals surface area contributed by atoms with Crippen LogP contribution in [0.25, 0.3) is 11.2 Å². The molecule has 1 aromatic carbocycles. The number of oxazole rings is 1. The normalized spacial score (nSPS) is 10.7. The summed E-state index contributed by atoms with van der Waals surface area (Å²) in [5, 5.41) is 2.62. The van der Waals surface area contributed by atoms with E-state index in [1.165, 1.54) is 17.7 Å². The minimum atomic E-state index is -0.623. The SMILES string of the molecule is CC(=O)Nc1ccc(C(=O)Cn2c(=O)oc3cccnc32)cc1. The number of ketones is 1. The standard InChI is InChI=1S/C16H13N3O4/c1-10(20)18-12-6-4-11(5-7-12)13(21)9-19-15-14(23-16(19)22)3-2-8-17-15/h2-8H,9H2,1H3,(H,18,20). The van der Waals surface area contributed by atoms with Crippen molar-refractivity contribution in [3.8, 4) is 0 Å². The molecular formula is C16H13N3O4. The fourth-order valence-electron chi connectivity index (χ4n) is 2.22. The van der Waals surface area contributed by atoms with Gasteiger partial charge in [0.25, 0.3) is 0 Å². The Labute approximate surface area is 130 Å². The number of Topliss-reactive ketones (excluding diaryl/α,β-unsaturated/α-hetero) is 1. The van der Waals surface area contributed by atoms with Crippen LogP contribution >= 0.6 is 0 Å². The Morgan fingerprint density at radius 3 is 2.65 bits per heavy atom. The van der Waals surface area contributed by atoms with Crippen LogP contribution in [0.1, 0.15) is 17.3 Å². The number of anilines is 1.